The van der Waals surface area contributed by atoms with E-state index in [9.17, 15) is 9.36 Å². The van der Waals surface area contributed by atoms with Gasteiger partial charge >= 0.3 is 8.03 Å². The maximum absolute atomic E-state index is 13.2. The van der Waals surface area contributed by atoms with Gasteiger partial charge in [-0.05, 0) is 67.3 Å². The number of rotatable bonds is 8. The average molecular weight is 583 g/mol. The summed E-state index contributed by atoms with van der Waals surface area (Å²) in [5.74, 6) is 1.53. The lowest BCUT2D eigenvalue weighted by molar-refractivity contribution is -0.116. The molecule has 0 aliphatic carbocycles. The van der Waals surface area contributed by atoms with E-state index in [0.29, 0.717) is 22.3 Å². The van der Waals surface area contributed by atoms with Gasteiger partial charge in [-0.3, -0.25) is 18.9 Å². The second kappa shape index (κ2) is 11.4. The Hall–Kier alpha value is -3.43. The van der Waals surface area contributed by atoms with Gasteiger partial charge in [0.2, 0.25) is 5.91 Å². The summed E-state index contributed by atoms with van der Waals surface area (Å²) < 4.78 is 23.9. The van der Waals surface area contributed by atoms with E-state index in [2.05, 4.69) is 29.4 Å². The topological polar surface area (TPSA) is 108 Å². The molecule has 5 rings (SSSR count). The van der Waals surface area contributed by atoms with Crippen LogP contribution in [0.2, 0.25) is 5.02 Å². The number of hydrogen-bond donors (Lipinski definition) is 1. The van der Waals surface area contributed by atoms with Gasteiger partial charge in [0.15, 0.2) is 11.6 Å². The van der Waals surface area contributed by atoms with Crippen molar-refractivity contribution in [1.82, 2.24) is 14.8 Å². The first-order valence-corrected chi connectivity index (χ1v) is 14.7. The lowest BCUT2D eigenvalue weighted by Gasteiger charge is -2.13. The van der Waals surface area contributed by atoms with Crippen LogP contribution in [0.15, 0.2) is 53.5 Å². The number of benzene rings is 2. The van der Waals surface area contributed by atoms with Gasteiger partial charge in [0.25, 0.3) is 6.35 Å². The van der Waals surface area contributed by atoms with Gasteiger partial charge in [0.05, 0.1) is 12.1 Å². The van der Waals surface area contributed by atoms with Gasteiger partial charge in [0, 0.05) is 33.8 Å². The third-order valence-corrected chi connectivity index (χ3v) is 8.64. The number of nitrogens with one attached hydrogen (secondary N) is 1. The number of aryl methyl sites for hydroxylation is 2. The van der Waals surface area contributed by atoms with Crippen molar-refractivity contribution in [1.29, 1.82) is 0 Å². The van der Waals surface area contributed by atoms with Crippen molar-refractivity contribution in [2.24, 2.45) is 4.99 Å². The van der Waals surface area contributed by atoms with Crippen LogP contribution in [0.25, 0.3) is 5.00 Å². The Morgan fingerprint density at radius 1 is 1.10 bits per heavy atom. The molecule has 0 radical (unpaired) electrons. The fourth-order valence-corrected chi connectivity index (χ4v) is 6.33. The maximum Gasteiger partial charge on any atom is 0.585 e. The Bertz CT molecular complexity index is 1580. The summed E-state index contributed by atoms with van der Waals surface area (Å²) in [5.41, 5.74) is 4.41. The Morgan fingerprint density at radius 3 is 2.51 bits per heavy atom. The van der Waals surface area contributed by atoms with Gasteiger partial charge in [-0.1, -0.05) is 23.7 Å². The molecule has 200 valence electrons. The van der Waals surface area contributed by atoms with Crippen LogP contribution in [0.4, 0.5) is 5.69 Å². The molecular formula is C27H26ClN5O4PS+. The fourth-order valence-electron chi connectivity index (χ4n) is 4.37. The molecule has 12 heteroatoms. The number of anilines is 1. The fraction of sp³-hybridized carbons (Fsp3) is 0.259. The molecule has 0 fully saturated rings. The van der Waals surface area contributed by atoms with Crippen LogP contribution in [0, 0.1) is 20.8 Å². The number of aliphatic imine (C=N–C) groups is 1. The molecule has 4 aromatic rings. The molecule has 1 aliphatic heterocycles. The van der Waals surface area contributed by atoms with Crippen LogP contribution in [-0.2, 0) is 14.1 Å². The van der Waals surface area contributed by atoms with Crippen molar-refractivity contribution in [3.8, 4) is 10.8 Å². The van der Waals surface area contributed by atoms with Crippen LogP contribution in [0.5, 0.6) is 5.75 Å². The summed E-state index contributed by atoms with van der Waals surface area (Å²) in [6, 6.07) is 13.7. The SMILES string of the molecule is COC[P+](=O)Oc1ccc(NC(=O)C[C@@H]2N=C(c3ccc(Cl)cc3)c3c(sc(C)c3C)-n3c(C)nnc32)cc1. The molecule has 3 heterocycles. The third kappa shape index (κ3) is 5.65. The third-order valence-electron chi connectivity index (χ3n) is 6.32. The molecule has 1 aliphatic rings. The number of halogens is 1. The normalized spacial score (nSPS) is 14.6. The summed E-state index contributed by atoms with van der Waals surface area (Å²) in [6.07, 6.45) is 0.0592. The quantitative estimate of drug-likeness (QED) is 0.236. The Balaban J connectivity index is 1.46. The molecule has 0 saturated carbocycles. The minimum Gasteiger partial charge on any atom is -0.338 e. The number of ether oxygens (including phenoxy) is 1. The summed E-state index contributed by atoms with van der Waals surface area (Å²) in [6.45, 7) is 6.07. The zero-order valence-electron chi connectivity index (χ0n) is 21.8. The van der Waals surface area contributed by atoms with Crippen LogP contribution in [-0.4, -0.2) is 39.8 Å². The molecule has 0 bridgehead atoms. The van der Waals surface area contributed by atoms with Crippen LogP contribution >= 0.6 is 31.0 Å². The first-order valence-electron chi connectivity index (χ1n) is 12.1. The van der Waals surface area contributed by atoms with Gasteiger partial charge in [-0.15, -0.1) is 21.5 Å². The monoisotopic (exact) mass is 582 g/mol. The number of carbonyl (C=O) groups is 1. The number of aromatic nitrogens is 3. The molecule has 1 amide bonds. The summed E-state index contributed by atoms with van der Waals surface area (Å²) in [7, 11) is -0.506. The number of amides is 1. The number of nitrogens with zero attached hydrogens (tertiary/aromatic N) is 4. The minimum absolute atomic E-state index is 0.00348. The van der Waals surface area contributed by atoms with Gasteiger partial charge < -0.3 is 10.1 Å². The predicted octanol–water partition coefficient (Wildman–Crippen LogP) is 6.55. The summed E-state index contributed by atoms with van der Waals surface area (Å²) >= 11 is 7.84. The van der Waals surface area contributed by atoms with Crippen LogP contribution in [0.1, 0.15) is 45.7 Å². The van der Waals surface area contributed by atoms with Crippen LogP contribution in [0.3, 0.4) is 0 Å². The number of hydrogen-bond acceptors (Lipinski definition) is 8. The van der Waals surface area contributed by atoms with Crippen molar-refractivity contribution >= 4 is 48.3 Å². The Kier molecular flexibility index (Phi) is 7.91. The molecule has 0 spiro atoms. The lowest BCUT2D eigenvalue weighted by atomic mass is 9.99. The highest BCUT2D eigenvalue weighted by Gasteiger charge is 2.32. The van der Waals surface area contributed by atoms with Crippen LogP contribution < -0.4 is 9.84 Å². The van der Waals surface area contributed by atoms with Gasteiger partial charge in [0.1, 0.15) is 16.9 Å². The van der Waals surface area contributed by atoms with E-state index in [1.54, 1.807) is 35.6 Å². The molecule has 2 atom stereocenters. The van der Waals surface area contributed by atoms with E-state index in [4.69, 9.17) is 25.9 Å². The van der Waals surface area contributed by atoms with Crippen molar-refractivity contribution in [2.75, 3.05) is 18.8 Å². The van der Waals surface area contributed by atoms with E-state index >= 15 is 0 Å². The molecular weight excluding hydrogens is 557 g/mol. The zero-order chi connectivity index (χ0) is 27.7. The number of thiophene rings is 1. The van der Waals surface area contributed by atoms with E-state index < -0.39 is 14.1 Å². The Morgan fingerprint density at radius 2 is 1.82 bits per heavy atom. The van der Waals surface area contributed by atoms with Gasteiger partial charge in [-0.2, -0.15) is 0 Å². The second-order valence-corrected chi connectivity index (χ2v) is 11.8. The van der Waals surface area contributed by atoms with E-state index in [1.165, 1.54) is 12.0 Å². The molecule has 0 saturated heterocycles. The predicted molar refractivity (Wildman–Crippen MR) is 153 cm³/mol. The standard InChI is InChI=1S/C27H25ClN5O4PS/c1-15-16(2)39-27-24(15)25(18-5-7-19(28)8-6-18)30-22(26-32-31-17(3)33(26)27)13-23(34)29-20-9-11-21(12-10-20)37-38(35)14-36-4/h5-12,22H,13-14H2,1-4H3/p+1/t22-/m0/s1. The number of fused-ring (bicyclic) bond motifs is 3. The highest BCUT2D eigenvalue weighted by Crippen LogP contribution is 2.39. The molecule has 1 N–H and O–H groups in total. The maximum atomic E-state index is 13.2. The van der Waals surface area contributed by atoms with Crippen molar-refractivity contribution in [3.05, 3.63) is 86.8 Å². The van der Waals surface area contributed by atoms with E-state index in [0.717, 1.165) is 33.2 Å². The molecule has 9 nitrogen and oxygen atoms in total. The smallest absolute Gasteiger partial charge is 0.338 e. The molecule has 1 unspecified atom stereocenters. The molecule has 39 heavy (non-hydrogen) atoms. The lowest BCUT2D eigenvalue weighted by Crippen LogP contribution is -2.17. The first-order chi connectivity index (χ1) is 18.7. The first kappa shape index (κ1) is 27.1. The van der Waals surface area contributed by atoms with E-state index in [1.807, 2.05) is 35.8 Å². The second-order valence-electron chi connectivity index (χ2n) is 9.02. The average Bonchev–Trinajstić information content (AvgIpc) is 3.38. The largest absolute Gasteiger partial charge is 0.585 e. The highest BCUT2D eigenvalue weighted by atomic mass is 35.5. The zero-order valence-corrected chi connectivity index (χ0v) is 24.2. The van der Waals surface area contributed by atoms with Crippen molar-refractivity contribution in [2.45, 2.75) is 33.2 Å². The minimum atomic E-state index is -1.96. The van der Waals surface area contributed by atoms with Crippen molar-refractivity contribution in [3.63, 3.8) is 0 Å². The van der Waals surface area contributed by atoms with Gasteiger partial charge in [-0.25, -0.2) is 0 Å². The highest BCUT2D eigenvalue weighted by molar-refractivity contribution is 7.39. The Labute approximate surface area is 235 Å². The summed E-state index contributed by atoms with van der Waals surface area (Å²) in [4.78, 5) is 19.5. The number of carbonyl (C=O) groups excluding carboxylic acids is 1. The molecule has 2 aromatic heterocycles. The summed E-state index contributed by atoms with van der Waals surface area (Å²) in [5, 5.41) is 13.3. The number of methoxy groups -OCH3 is 1. The molecule has 2 aromatic carbocycles. The van der Waals surface area contributed by atoms with Crippen molar-refractivity contribution < 1.29 is 18.6 Å². The van der Waals surface area contributed by atoms with E-state index in [-0.39, 0.29) is 18.7 Å².